The Balaban J connectivity index is 1.59. The SMILES string of the molecule is COc1cc(Nc2nc(N3C=CC=C(OC(C)C)C3)n(C(C)C)n2)ccc1-c1ccnc(C)c1. The number of hydrogen-bond donors (Lipinski definition) is 1. The molecular weight excluding hydrogens is 428 g/mol. The Bertz CT molecular complexity index is 1210. The fraction of sp³-hybridized carbons (Fsp3) is 0.346. The van der Waals surface area contributed by atoms with Crippen molar-refractivity contribution in [2.24, 2.45) is 0 Å². The van der Waals surface area contributed by atoms with Gasteiger partial charge in [0.2, 0.25) is 11.9 Å². The van der Waals surface area contributed by atoms with Gasteiger partial charge in [0, 0.05) is 35.4 Å². The molecule has 1 aliphatic rings. The Kier molecular flexibility index (Phi) is 6.86. The quantitative estimate of drug-likeness (QED) is 0.467. The summed E-state index contributed by atoms with van der Waals surface area (Å²) in [6.07, 6.45) is 7.88. The Morgan fingerprint density at radius 3 is 2.62 bits per heavy atom. The molecule has 0 bridgehead atoms. The number of nitrogens with one attached hydrogen (secondary N) is 1. The molecule has 8 nitrogen and oxygen atoms in total. The van der Waals surface area contributed by atoms with E-state index in [2.05, 4.69) is 24.1 Å². The van der Waals surface area contributed by atoms with Gasteiger partial charge in [-0.1, -0.05) is 0 Å². The number of pyridine rings is 1. The van der Waals surface area contributed by atoms with Crippen LogP contribution in [-0.4, -0.2) is 39.5 Å². The van der Waals surface area contributed by atoms with Crippen LogP contribution in [0.3, 0.4) is 0 Å². The monoisotopic (exact) mass is 460 g/mol. The maximum atomic E-state index is 5.90. The van der Waals surface area contributed by atoms with Crippen molar-refractivity contribution in [3.63, 3.8) is 0 Å². The average molecular weight is 461 g/mol. The lowest BCUT2D eigenvalue weighted by molar-refractivity contribution is 0.144. The van der Waals surface area contributed by atoms with Gasteiger partial charge in [0.15, 0.2) is 0 Å². The second kappa shape index (κ2) is 9.99. The van der Waals surface area contributed by atoms with Crippen LogP contribution in [-0.2, 0) is 4.74 Å². The van der Waals surface area contributed by atoms with Crippen LogP contribution >= 0.6 is 0 Å². The minimum Gasteiger partial charge on any atom is -0.496 e. The van der Waals surface area contributed by atoms with Crippen LogP contribution in [0, 0.1) is 6.92 Å². The second-order valence-electron chi connectivity index (χ2n) is 8.77. The van der Waals surface area contributed by atoms with Crippen LogP contribution < -0.4 is 15.0 Å². The Hall–Kier alpha value is -3.81. The molecule has 0 saturated heterocycles. The summed E-state index contributed by atoms with van der Waals surface area (Å²) >= 11 is 0. The van der Waals surface area contributed by atoms with Gasteiger partial charge in [-0.3, -0.25) is 4.98 Å². The molecule has 1 N–H and O–H groups in total. The Morgan fingerprint density at radius 1 is 1.09 bits per heavy atom. The summed E-state index contributed by atoms with van der Waals surface area (Å²) in [7, 11) is 1.67. The molecule has 2 aromatic heterocycles. The van der Waals surface area contributed by atoms with Crippen LogP contribution in [0.2, 0.25) is 0 Å². The summed E-state index contributed by atoms with van der Waals surface area (Å²) in [5, 5.41) is 8.06. The van der Waals surface area contributed by atoms with Crippen LogP contribution in [0.25, 0.3) is 11.1 Å². The molecule has 8 heteroatoms. The number of anilines is 3. The fourth-order valence-corrected chi connectivity index (χ4v) is 3.80. The normalized spacial score (nSPS) is 13.4. The molecule has 0 fully saturated rings. The molecule has 34 heavy (non-hydrogen) atoms. The number of methoxy groups -OCH3 is 1. The Labute approximate surface area is 200 Å². The maximum Gasteiger partial charge on any atom is 0.248 e. The van der Waals surface area contributed by atoms with Gasteiger partial charge in [-0.2, -0.15) is 4.98 Å². The number of aromatic nitrogens is 4. The first-order valence-corrected chi connectivity index (χ1v) is 11.5. The van der Waals surface area contributed by atoms with Crippen molar-refractivity contribution in [1.82, 2.24) is 19.7 Å². The van der Waals surface area contributed by atoms with Crippen molar-refractivity contribution in [3.8, 4) is 16.9 Å². The molecule has 0 amide bonds. The molecule has 0 spiro atoms. The summed E-state index contributed by atoms with van der Waals surface area (Å²) < 4.78 is 13.5. The van der Waals surface area contributed by atoms with Crippen molar-refractivity contribution >= 4 is 17.6 Å². The van der Waals surface area contributed by atoms with Gasteiger partial charge in [0.05, 0.1) is 25.8 Å². The number of ether oxygens (including phenoxy) is 2. The standard InChI is InChI=1S/C26H32N6O2/c1-17(2)32-26(31-13-7-8-22(16-31)34-18(3)4)29-25(30-32)28-21-9-10-23(24(15-21)33-6)20-11-12-27-19(5)14-20/h7-15,17-18H,16H2,1-6H3,(H,28,30). The van der Waals surface area contributed by atoms with E-state index < -0.39 is 0 Å². The highest BCUT2D eigenvalue weighted by atomic mass is 16.5. The molecule has 3 aromatic rings. The molecule has 0 atom stereocenters. The van der Waals surface area contributed by atoms with Crippen LogP contribution in [0.1, 0.15) is 39.4 Å². The summed E-state index contributed by atoms with van der Waals surface area (Å²) in [5.74, 6) is 2.94. The topological polar surface area (TPSA) is 77.3 Å². The highest BCUT2D eigenvalue weighted by molar-refractivity contribution is 5.74. The third kappa shape index (κ3) is 5.22. The zero-order valence-electron chi connectivity index (χ0n) is 20.6. The van der Waals surface area contributed by atoms with Crippen LogP contribution in [0.5, 0.6) is 5.75 Å². The largest absolute Gasteiger partial charge is 0.496 e. The van der Waals surface area contributed by atoms with Gasteiger partial charge in [0.25, 0.3) is 0 Å². The lowest BCUT2D eigenvalue weighted by Gasteiger charge is -2.25. The minimum atomic E-state index is 0.119. The highest BCUT2D eigenvalue weighted by Crippen LogP contribution is 2.33. The average Bonchev–Trinajstić information content (AvgIpc) is 3.23. The summed E-state index contributed by atoms with van der Waals surface area (Å²) in [6, 6.07) is 10.2. The number of rotatable bonds is 8. The van der Waals surface area contributed by atoms with E-state index in [0.29, 0.717) is 12.5 Å². The first-order valence-electron chi connectivity index (χ1n) is 11.5. The second-order valence-corrected chi connectivity index (χ2v) is 8.77. The molecule has 1 aromatic carbocycles. The van der Waals surface area contributed by atoms with E-state index >= 15 is 0 Å². The number of nitrogens with zero attached hydrogens (tertiary/aromatic N) is 5. The van der Waals surface area contributed by atoms with E-state index in [1.165, 1.54) is 0 Å². The minimum absolute atomic E-state index is 0.119. The first-order chi connectivity index (χ1) is 16.3. The molecule has 0 saturated carbocycles. The van der Waals surface area contributed by atoms with E-state index in [1.807, 2.05) is 85.2 Å². The van der Waals surface area contributed by atoms with Gasteiger partial charge in [-0.05, 0) is 76.6 Å². The number of aryl methyl sites for hydroxylation is 1. The molecule has 178 valence electrons. The predicted molar refractivity (Wildman–Crippen MR) is 135 cm³/mol. The molecular formula is C26H32N6O2. The summed E-state index contributed by atoms with van der Waals surface area (Å²) in [5.41, 5.74) is 3.87. The number of allylic oxidation sites excluding steroid dienone is 2. The van der Waals surface area contributed by atoms with Crippen LogP contribution in [0.4, 0.5) is 17.6 Å². The van der Waals surface area contributed by atoms with E-state index in [-0.39, 0.29) is 12.1 Å². The van der Waals surface area contributed by atoms with E-state index in [4.69, 9.17) is 19.6 Å². The number of hydrogen-bond acceptors (Lipinski definition) is 7. The maximum absolute atomic E-state index is 5.90. The van der Waals surface area contributed by atoms with Crippen molar-refractivity contribution in [3.05, 3.63) is 66.3 Å². The molecule has 1 aliphatic heterocycles. The molecule has 4 rings (SSSR count). The molecule has 0 radical (unpaired) electrons. The van der Waals surface area contributed by atoms with Gasteiger partial charge in [0.1, 0.15) is 11.5 Å². The zero-order chi connectivity index (χ0) is 24.2. The van der Waals surface area contributed by atoms with E-state index in [1.54, 1.807) is 7.11 Å². The highest BCUT2D eigenvalue weighted by Gasteiger charge is 2.21. The Morgan fingerprint density at radius 2 is 1.91 bits per heavy atom. The summed E-state index contributed by atoms with van der Waals surface area (Å²) in [4.78, 5) is 11.1. The van der Waals surface area contributed by atoms with Crippen molar-refractivity contribution in [2.75, 3.05) is 23.9 Å². The zero-order valence-corrected chi connectivity index (χ0v) is 20.6. The third-order valence-electron chi connectivity index (χ3n) is 5.29. The van der Waals surface area contributed by atoms with Gasteiger partial charge >= 0.3 is 0 Å². The third-order valence-corrected chi connectivity index (χ3v) is 5.29. The van der Waals surface area contributed by atoms with Crippen molar-refractivity contribution < 1.29 is 9.47 Å². The predicted octanol–water partition coefficient (Wildman–Crippen LogP) is 5.62. The lowest BCUT2D eigenvalue weighted by atomic mass is 10.0. The molecule has 0 unspecified atom stereocenters. The lowest BCUT2D eigenvalue weighted by Crippen LogP contribution is -2.27. The van der Waals surface area contributed by atoms with E-state index in [0.717, 1.165) is 40.0 Å². The van der Waals surface area contributed by atoms with Crippen molar-refractivity contribution in [1.29, 1.82) is 0 Å². The summed E-state index contributed by atoms with van der Waals surface area (Å²) in [6.45, 7) is 10.8. The number of benzene rings is 1. The molecule has 0 aliphatic carbocycles. The smallest absolute Gasteiger partial charge is 0.248 e. The van der Waals surface area contributed by atoms with Gasteiger partial charge in [-0.25, -0.2) is 4.68 Å². The molecule has 3 heterocycles. The van der Waals surface area contributed by atoms with Gasteiger partial charge in [-0.15, -0.1) is 5.10 Å². The van der Waals surface area contributed by atoms with Gasteiger partial charge < -0.3 is 19.7 Å². The fourth-order valence-electron chi connectivity index (χ4n) is 3.80. The van der Waals surface area contributed by atoms with Crippen LogP contribution in [0.15, 0.2) is 60.6 Å². The first kappa shape index (κ1) is 23.4. The van der Waals surface area contributed by atoms with E-state index in [9.17, 15) is 0 Å². The van der Waals surface area contributed by atoms with Crippen molar-refractivity contribution in [2.45, 2.75) is 46.8 Å².